The average Bonchev–Trinajstić information content (AvgIpc) is 2.26. The molecule has 0 amide bonds. The van der Waals surface area contributed by atoms with Crippen LogP contribution in [0, 0.1) is 0 Å². The number of aromatic carboxylic acids is 4. The summed E-state index contributed by atoms with van der Waals surface area (Å²) in [6.45, 7) is 0. The fraction of sp³-hybridized carbons (Fsp3) is 0. The molecule has 9 heteroatoms. The van der Waals surface area contributed by atoms with Crippen molar-refractivity contribution in [1.82, 2.24) is 0 Å². The zero-order chi connectivity index (χ0) is 14.0. The topological polar surface area (TPSA) is 152 Å². The number of rotatable bonds is 4. The van der Waals surface area contributed by atoms with E-state index in [1.807, 2.05) is 0 Å². The Morgan fingerprint density at radius 1 is 0.737 bits per heavy atom. The molecule has 0 heterocycles. The first-order valence-corrected chi connectivity index (χ1v) is 4.35. The van der Waals surface area contributed by atoms with Gasteiger partial charge < -0.3 is 25.2 Å². The van der Waals surface area contributed by atoms with Gasteiger partial charge in [-0.1, -0.05) is 0 Å². The molecule has 0 saturated carbocycles. The maximum Gasteiger partial charge on any atom is 1.00 e. The predicted molar refractivity (Wildman–Crippen MR) is 51.7 cm³/mol. The van der Waals surface area contributed by atoms with Crippen LogP contribution < -0.4 is 24.0 Å². The van der Waals surface area contributed by atoms with E-state index in [0.717, 1.165) is 0 Å². The minimum absolute atomic E-state index is 0. The third kappa shape index (κ3) is 3.34. The van der Waals surface area contributed by atoms with Crippen LogP contribution in [0.25, 0.3) is 0 Å². The van der Waals surface area contributed by atoms with Crippen LogP contribution >= 0.6 is 0 Å². The van der Waals surface area contributed by atoms with Crippen molar-refractivity contribution in [2.75, 3.05) is 0 Å². The second-order valence-corrected chi connectivity index (χ2v) is 3.15. The Kier molecular flexibility index (Phi) is 5.31. The quantitative estimate of drug-likeness (QED) is 0.465. The fourth-order valence-electron chi connectivity index (χ4n) is 1.30. The van der Waals surface area contributed by atoms with Gasteiger partial charge in [0.05, 0.1) is 22.7 Å². The maximum absolute atomic E-state index is 10.8. The molecule has 1 aromatic rings. The van der Waals surface area contributed by atoms with Gasteiger partial charge in [0.2, 0.25) is 0 Å². The summed E-state index contributed by atoms with van der Waals surface area (Å²) in [5.74, 6) is -6.98. The van der Waals surface area contributed by atoms with Crippen LogP contribution in [0.5, 0.6) is 0 Å². The Labute approximate surface area is 117 Å². The van der Waals surface area contributed by atoms with Crippen LogP contribution in [-0.4, -0.2) is 39.2 Å². The molecule has 19 heavy (non-hydrogen) atoms. The Morgan fingerprint density at radius 3 is 1.26 bits per heavy atom. The van der Waals surface area contributed by atoms with Gasteiger partial charge in [0.1, 0.15) is 0 Å². The van der Waals surface area contributed by atoms with Crippen molar-refractivity contribution >= 4 is 23.9 Å². The summed E-state index contributed by atoms with van der Waals surface area (Å²) in [5, 5.41) is 36.8. The van der Waals surface area contributed by atoms with Crippen molar-refractivity contribution in [3.63, 3.8) is 0 Å². The van der Waals surface area contributed by atoms with E-state index in [0.29, 0.717) is 12.1 Å². The van der Waals surface area contributed by atoms with Gasteiger partial charge >= 0.3 is 36.8 Å². The third-order valence-electron chi connectivity index (χ3n) is 2.07. The summed E-state index contributed by atoms with van der Waals surface area (Å²) < 4.78 is 0. The molecule has 1 aromatic carbocycles. The van der Waals surface area contributed by atoms with E-state index in [2.05, 4.69) is 0 Å². The van der Waals surface area contributed by atoms with Crippen LogP contribution in [-0.2, 0) is 0 Å². The van der Waals surface area contributed by atoms with E-state index in [4.69, 9.17) is 15.3 Å². The first kappa shape index (κ1) is 16.7. The number of carbonyl (C=O) groups is 4. The first-order valence-electron chi connectivity index (χ1n) is 4.35. The van der Waals surface area contributed by atoms with Crippen LogP contribution in [0.1, 0.15) is 41.4 Å². The van der Waals surface area contributed by atoms with E-state index >= 15 is 0 Å². The molecule has 0 saturated heterocycles. The van der Waals surface area contributed by atoms with Gasteiger partial charge in [0, 0.05) is 5.56 Å². The molecule has 94 valence electrons. The molecule has 8 nitrogen and oxygen atoms in total. The summed E-state index contributed by atoms with van der Waals surface area (Å²) >= 11 is 0. The number of carbonyl (C=O) groups excluding carboxylic acids is 1. The molecule has 0 spiro atoms. The van der Waals surface area contributed by atoms with E-state index in [-0.39, 0.29) is 18.9 Å². The monoisotopic (exact) mass is 260 g/mol. The minimum Gasteiger partial charge on any atom is -0.545 e. The summed E-state index contributed by atoms with van der Waals surface area (Å²) in [4.78, 5) is 42.9. The average molecular weight is 260 g/mol. The molecular weight excluding hydrogens is 255 g/mol. The van der Waals surface area contributed by atoms with Crippen molar-refractivity contribution in [3.05, 3.63) is 34.4 Å². The van der Waals surface area contributed by atoms with E-state index in [1.54, 1.807) is 0 Å². The zero-order valence-electron chi connectivity index (χ0n) is 9.54. The van der Waals surface area contributed by atoms with Crippen molar-refractivity contribution in [3.8, 4) is 0 Å². The van der Waals surface area contributed by atoms with E-state index in [9.17, 15) is 24.3 Å². The van der Waals surface area contributed by atoms with Crippen LogP contribution in [0.3, 0.4) is 0 Å². The molecule has 0 aliphatic rings. The van der Waals surface area contributed by atoms with Gasteiger partial charge in [-0.25, -0.2) is 14.4 Å². The molecule has 0 aliphatic carbocycles. The van der Waals surface area contributed by atoms with Crippen LogP contribution in [0.4, 0.5) is 0 Å². The Morgan fingerprint density at radius 2 is 1.00 bits per heavy atom. The summed E-state index contributed by atoms with van der Waals surface area (Å²) in [7, 11) is 0. The largest absolute Gasteiger partial charge is 1.00 e. The van der Waals surface area contributed by atoms with E-state index < -0.39 is 46.1 Å². The van der Waals surface area contributed by atoms with E-state index in [1.165, 1.54) is 0 Å². The Bertz CT molecular complexity index is 479. The Balaban J connectivity index is 0.00000324. The Hall–Kier alpha value is -2.30. The molecule has 0 unspecified atom stereocenters. The number of benzene rings is 1. The molecule has 0 fully saturated rings. The normalized spacial score (nSPS) is 9.26. The molecule has 0 aliphatic heterocycles. The number of carboxylic acid groups (broad SMARTS) is 4. The van der Waals surface area contributed by atoms with Gasteiger partial charge in [-0.05, 0) is 12.1 Å². The summed E-state index contributed by atoms with van der Waals surface area (Å²) in [6, 6.07) is 0.920. The standard InChI is InChI=1S/C10H6O8.Li/c11-7(12)3-1-4(8(13)14)6(10(17)18)2-5(3)9(15)16;/h1-2H,(H,11,12)(H,13,14)(H,15,16)(H,17,18);/q;+1/p-1. The second-order valence-electron chi connectivity index (χ2n) is 3.15. The first-order chi connectivity index (χ1) is 8.25. The molecule has 0 radical (unpaired) electrons. The molecule has 0 atom stereocenters. The van der Waals surface area contributed by atoms with Gasteiger partial charge in [0.15, 0.2) is 0 Å². The molecule has 1 rings (SSSR count). The molecule has 3 N–H and O–H groups in total. The van der Waals surface area contributed by atoms with Crippen molar-refractivity contribution in [2.24, 2.45) is 0 Å². The van der Waals surface area contributed by atoms with Crippen LogP contribution in [0.15, 0.2) is 12.1 Å². The maximum atomic E-state index is 10.8. The van der Waals surface area contributed by atoms with Crippen molar-refractivity contribution in [2.45, 2.75) is 0 Å². The predicted octanol–water partition coefficient (Wildman–Crippen LogP) is -3.85. The SMILES string of the molecule is O=C([O-])c1cc(C(=O)O)c(C(=O)O)cc1C(=O)O.[Li+]. The van der Waals surface area contributed by atoms with Crippen molar-refractivity contribution in [1.29, 1.82) is 0 Å². The zero-order valence-corrected chi connectivity index (χ0v) is 9.54. The summed E-state index contributed by atoms with van der Waals surface area (Å²) in [5.41, 5.74) is -3.39. The second kappa shape index (κ2) is 6.04. The minimum atomic E-state index is -1.91. The smallest absolute Gasteiger partial charge is 0.545 e. The molecule has 0 bridgehead atoms. The number of hydrogen-bond donors (Lipinski definition) is 3. The molecular formula is C10H5LiO8. The summed E-state index contributed by atoms with van der Waals surface area (Å²) in [6.07, 6.45) is 0. The fourth-order valence-corrected chi connectivity index (χ4v) is 1.30. The van der Waals surface area contributed by atoms with Crippen molar-refractivity contribution < 1.29 is 58.5 Å². The van der Waals surface area contributed by atoms with Gasteiger partial charge in [-0.2, -0.15) is 0 Å². The number of carboxylic acids is 4. The van der Waals surface area contributed by atoms with Gasteiger partial charge in [0.25, 0.3) is 0 Å². The van der Waals surface area contributed by atoms with Crippen LogP contribution in [0.2, 0.25) is 0 Å². The van der Waals surface area contributed by atoms with Gasteiger partial charge in [-0.3, -0.25) is 0 Å². The van der Waals surface area contributed by atoms with Gasteiger partial charge in [-0.15, -0.1) is 0 Å². The molecule has 0 aromatic heterocycles. The third-order valence-corrected chi connectivity index (χ3v) is 2.07. The number of hydrogen-bond acceptors (Lipinski definition) is 5.